The first kappa shape index (κ1) is 20.8. The number of ether oxygens (including phenoxy) is 1. The van der Waals surface area contributed by atoms with Crippen molar-refractivity contribution in [3.05, 3.63) is 33.9 Å². The summed E-state index contributed by atoms with van der Waals surface area (Å²) in [6.45, 7) is 13.0. The normalized spacial score (nSPS) is 12.5. The van der Waals surface area contributed by atoms with Crippen molar-refractivity contribution in [1.82, 2.24) is 9.88 Å². The quantitative estimate of drug-likeness (QED) is 0.639. The third kappa shape index (κ3) is 4.81. The number of carbonyl (C=O) groups is 1. The molecule has 0 atom stereocenters. The molecule has 2 rings (SSSR count). The van der Waals surface area contributed by atoms with E-state index in [1.807, 2.05) is 20.8 Å². The van der Waals surface area contributed by atoms with E-state index in [4.69, 9.17) is 4.74 Å². The highest BCUT2D eigenvalue weighted by Crippen LogP contribution is 2.35. The predicted molar refractivity (Wildman–Crippen MR) is 112 cm³/mol. The molecule has 0 aliphatic rings. The lowest BCUT2D eigenvalue weighted by Gasteiger charge is -2.26. The number of nitrogens with zero attached hydrogens (tertiary/aromatic N) is 1. The Hall–Kier alpha value is -1.49. The molecule has 0 radical (unpaired) electrons. The van der Waals surface area contributed by atoms with Gasteiger partial charge < -0.3 is 14.6 Å². The van der Waals surface area contributed by atoms with Crippen molar-refractivity contribution in [3.63, 3.8) is 0 Å². The van der Waals surface area contributed by atoms with Crippen LogP contribution in [0.2, 0.25) is 0 Å². The van der Waals surface area contributed by atoms with Gasteiger partial charge >= 0.3 is 6.09 Å². The molecule has 4 nitrogen and oxygen atoms in total. The van der Waals surface area contributed by atoms with Gasteiger partial charge in [-0.05, 0) is 51.3 Å². The van der Waals surface area contributed by atoms with Gasteiger partial charge in [0.15, 0.2) is 0 Å². The molecule has 1 aromatic carbocycles. The van der Waals surface area contributed by atoms with Crippen LogP contribution in [0.1, 0.15) is 59.2 Å². The molecule has 0 saturated carbocycles. The Morgan fingerprint density at radius 1 is 1.23 bits per heavy atom. The van der Waals surface area contributed by atoms with Crippen molar-refractivity contribution < 1.29 is 9.53 Å². The number of carbonyl (C=O) groups excluding carboxylic acids is 1. The number of nitrogens with one attached hydrogen (secondary N) is 1. The average molecular weight is 423 g/mol. The average Bonchev–Trinajstić information content (AvgIpc) is 2.89. The van der Waals surface area contributed by atoms with E-state index in [0.29, 0.717) is 6.54 Å². The molecule has 0 fully saturated rings. The highest BCUT2D eigenvalue weighted by molar-refractivity contribution is 9.10. The number of aromatic nitrogens is 1. The van der Waals surface area contributed by atoms with Crippen LogP contribution >= 0.6 is 15.9 Å². The zero-order chi connectivity index (χ0) is 19.7. The molecule has 0 aliphatic carbocycles. The molecule has 1 aromatic heterocycles. The van der Waals surface area contributed by atoms with Crippen LogP contribution in [0.25, 0.3) is 10.9 Å². The van der Waals surface area contributed by atoms with Gasteiger partial charge in [-0.2, -0.15) is 0 Å². The van der Waals surface area contributed by atoms with E-state index >= 15 is 0 Å². The van der Waals surface area contributed by atoms with E-state index in [2.05, 4.69) is 59.9 Å². The fraction of sp³-hybridized carbons (Fsp3) is 0.571. The van der Waals surface area contributed by atoms with Gasteiger partial charge in [-0.25, -0.2) is 4.79 Å². The summed E-state index contributed by atoms with van der Waals surface area (Å²) in [5.74, 6) is 0. The smallest absolute Gasteiger partial charge is 0.410 e. The summed E-state index contributed by atoms with van der Waals surface area (Å²) in [7, 11) is 1.80. The molecule has 144 valence electrons. The molecule has 0 saturated heterocycles. The van der Waals surface area contributed by atoms with Crippen molar-refractivity contribution in [2.24, 2.45) is 0 Å². The standard InChI is InChI=1S/C21H31BrN2O2/c1-8-21(5,6)18-16(15-10-9-14(22)13-17(15)23-18)11-12-24(7)19(25)26-20(2,3)4/h9-10,13,23H,8,11-12H2,1-7H3. The first-order chi connectivity index (χ1) is 11.9. The van der Waals surface area contributed by atoms with Crippen LogP contribution in [-0.4, -0.2) is 35.2 Å². The van der Waals surface area contributed by atoms with Gasteiger partial charge in [-0.1, -0.05) is 42.8 Å². The highest BCUT2D eigenvalue weighted by atomic mass is 79.9. The fourth-order valence-corrected chi connectivity index (χ4v) is 3.31. The monoisotopic (exact) mass is 422 g/mol. The number of benzene rings is 1. The summed E-state index contributed by atoms with van der Waals surface area (Å²) in [5, 5.41) is 1.22. The Labute approximate surface area is 165 Å². The minimum atomic E-state index is -0.478. The van der Waals surface area contributed by atoms with Gasteiger partial charge in [0.2, 0.25) is 0 Å². The zero-order valence-corrected chi connectivity index (χ0v) is 18.6. The molecule has 1 N–H and O–H groups in total. The molecule has 1 amide bonds. The van der Waals surface area contributed by atoms with Gasteiger partial charge in [0.05, 0.1) is 0 Å². The molecule has 2 aromatic rings. The maximum atomic E-state index is 12.3. The van der Waals surface area contributed by atoms with Crippen molar-refractivity contribution in [2.75, 3.05) is 13.6 Å². The number of rotatable bonds is 5. The van der Waals surface area contributed by atoms with Crippen molar-refractivity contribution >= 4 is 32.9 Å². The van der Waals surface area contributed by atoms with Crippen molar-refractivity contribution in [2.45, 2.75) is 65.4 Å². The second kappa shape index (κ2) is 7.63. The Morgan fingerprint density at radius 3 is 2.46 bits per heavy atom. The summed E-state index contributed by atoms with van der Waals surface area (Å²) in [5.41, 5.74) is 3.24. The van der Waals surface area contributed by atoms with Gasteiger partial charge in [-0.15, -0.1) is 0 Å². The molecule has 26 heavy (non-hydrogen) atoms. The summed E-state index contributed by atoms with van der Waals surface area (Å²) in [6.07, 6.45) is 1.54. The summed E-state index contributed by atoms with van der Waals surface area (Å²) in [4.78, 5) is 17.5. The number of amides is 1. The highest BCUT2D eigenvalue weighted by Gasteiger charge is 2.26. The number of fused-ring (bicyclic) bond motifs is 1. The number of halogens is 1. The van der Waals surface area contributed by atoms with Crippen LogP contribution in [-0.2, 0) is 16.6 Å². The van der Waals surface area contributed by atoms with Crippen molar-refractivity contribution in [3.8, 4) is 0 Å². The number of likely N-dealkylation sites (N-methyl/N-ethyl adjacent to an activating group) is 1. The van der Waals surface area contributed by atoms with Crippen LogP contribution in [0.4, 0.5) is 4.79 Å². The number of hydrogen-bond donors (Lipinski definition) is 1. The summed E-state index contributed by atoms with van der Waals surface area (Å²) in [6, 6.07) is 6.33. The minimum absolute atomic E-state index is 0.0469. The second-order valence-electron chi connectivity index (χ2n) is 8.56. The Balaban J connectivity index is 2.30. The Kier molecular flexibility index (Phi) is 6.11. The van der Waals surface area contributed by atoms with E-state index in [1.165, 1.54) is 16.6 Å². The van der Waals surface area contributed by atoms with Crippen LogP contribution in [0.15, 0.2) is 22.7 Å². The number of H-pyrrole nitrogens is 1. The maximum Gasteiger partial charge on any atom is 0.410 e. The van der Waals surface area contributed by atoms with E-state index in [0.717, 1.165) is 22.8 Å². The van der Waals surface area contributed by atoms with Gasteiger partial charge in [0, 0.05) is 40.1 Å². The first-order valence-electron chi connectivity index (χ1n) is 9.19. The van der Waals surface area contributed by atoms with Gasteiger partial charge in [0.1, 0.15) is 5.60 Å². The second-order valence-corrected chi connectivity index (χ2v) is 9.47. The van der Waals surface area contributed by atoms with Gasteiger partial charge in [0.25, 0.3) is 0 Å². The molecule has 0 unspecified atom stereocenters. The maximum absolute atomic E-state index is 12.3. The van der Waals surface area contributed by atoms with Crippen LogP contribution < -0.4 is 0 Å². The van der Waals surface area contributed by atoms with Crippen LogP contribution in [0, 0.1) is 0 Å². The SMILES string of the molecule is CCC(C)(C)c1[nH]c2cc(Br)ccc2c1CCN(C)C(=O)OC(C)(C)C. The number of aromatic amines is 1. The van der Waals surface area contributed by atoms with Crippen LogP contribution in [0.5, 0.6) is 0 Å². The molecule has 0 aliphatic heterocycles. The lowest BCUT2D eigenvalue weighted by molar-refractivity contribution is 0.0300. The topological polar surface area (TPSA) is 45.3 Å². The van der Waals surface area contributed by atoms with Crippen LogP contribution in [0.3, 0.4) is 0 Å². The zero-order valence-electron chi connectivity index (χ0n) is 17.0. The molecule has 1 heterocycles. The van der Waals surface area contributed by atoms with E-state index in [9.17, 15) is 4.79 Å². The summed E-state index contributed by atoms with van der Waals surface area (Å²) >= 11 is 3.55. The minimum Gasteiger partial charge on any atom is -0.444 e. The molecule has 0 bridgehead atoms. The van der Waals surface area contributed by atoms with E-state index in [-0.39, 0.29) is 11.5 Å². The third-order valence-corrected chi connectivity index (χ3v) is 5.32. The van der Waals surface area contributed by atoms with E-state index in [1.54, 1.807) is 11.9 Å². The van der Waals surface area contributed by atoms with Gasteiger partial charge in [-0.3, -0.25) is 0 Å². The first-order valence-corrected chi connectivity index (χ1v) is 9.98. The van der Waals surface area contributed by atoms with E-state index < -0.39 is 5.60 Å². The Bertz CT molecular complexity index is 787. The molecular weight excluding hydrogens is 392 g/mol. The molecule has 0 spiro atoms. The lowest BCUT2D eigenvalue weighted by atomic mass is 9.83. The lowest BCUT2D eigenvalue weighted by Crippen LogP contribution is -2.35. The van der Waals surface area contributed by atoms with Crippen molar-refractivity contribution in [1.29, 1.82) is 0 Å². The predicted octanol–water partition coefficient (Wildman–Crippen LogP) is 6.03. The summed E-state index contributed by atoms with van der Waals surface area (Å²) < 4.78 is 6.52. The molecule has 5 heteroatoms. The number of hydrogen-bond acceptors (Lipinski definition) is 2. The third-order valence-electron chi connectivity index (χ3n) is 4.83. The largest absolute Gasteiger partial charge is 0.444 e. The fourth-order valence-electron chi connectivity index (χ4n) is 2.95. The Morgan fingerprint density at radius 2 is 1.88 bits per heavy atom. The molecular formula is C21H31BrN2O2.